The molecule has 0 amide bonds. The van der Waals surface area contributed by atoms with Crippen LogP contribution in [0.3, 0.4) is 0 Å². The molecule has 0 atom stereocenters. The maximum Gasteiger partial charge on any atom is 0.242 e. The summed E-state index contributed by atoms with van der Waals surface area (Å²) in [6.07, 6.45) is 5.97. The second kappa shape index (κ2) is 6.24. The van der Waals surface area contributed by atoms with Crippen molar-refractivity contribution >= 4 is 11.0 Å². The molecule has 3 aromatic rings. The van der Waals surface area contributed by atoms with E-state index in [4.69, 9.17) is 4.74 Å². The van der Waals surface area contributed by atoms with Crippen molar-refractivity contribution in [1.29, 1.82) is 0 Å². The summed E-state index contributed by atoms with van der Waals surface area (Å²) in [5, 5.41) is 3.36. The first-order chi connectivity index (χ1) is 11.7. The van der Waals surface area contributed by atoms with Gasteiger partial charge in [0.2, 0.25) is 5.88 Å². The number of rotatable bonds is 3. The van der Waals surface area contributed by atoms with E-state index in [2.05, 4.69) is 57.2 Å². The lowest BCUT2D eigenvalue weighted by Gasteiger charge is -2.23. The largest absolute Gasteiger partial charge is 0.473 e. The fourth-order valence-corrected chi connectivity index (χ4v) is 3.30. The fourth-order valence-electron chi connectivity index (χ4n) is 3.30. The van der Waals surface area contributed by atoms with Crippen molar-refractivity contribution < 1.29 is 4.74 Å². The summed E-state index contributed by atoms with van der Waals surface area (Å²) in [6.45, 7) is 4.10. The van der Waals surface area contributed by atoms with Gasteiger partial charge in [0.25, 0.3) is 0 Å². The van der Waals surface area contributed by atoms with E-state index in [1.165, 1.54) is 5.56 Å². The number of aryl methyl sites for hydroxylation is 2. The van der Waals surface area contributed by atoms with Crippen molar-refractivity contribution in [2.75, 3.05) is 13.1 Å². The second-order valence-electron chi connectivity index (χ2n) is 6.46. The van der Waals surface area contributed by atoms with Gasteiger partial charge in [-0.3, -0.25) is 0 Å². The number of hydrogen-bond donors (Lipinski definition) is 1. The summed E-state index contributed by atoms with van der Waals surface area (Å²) in [7, 11) is 2.03. The third kappa shape index (κ3) is 2.76. The lowest BCUT2D eigenvalue weighted by atomic mass is 10.1. The molecule has 5 nitrogen and oxygen atoms in total. The number of nitrogens with one attached hydrogen (secondary N) is 1. The number of ether oxygens (including phenoxy) is 1. The number of fused-ring (bicyclic) bond motifs is 1. The highest BCUT2D eigenvalue weighted by Crippen LogP contribution is 2.33. The Kier molecular flexibility index (Phi) is 3.94. The number of aromatic nitrogens is 3. The molecular weight excluding hydrogens is 300 g/mol. The molecule has 1 aliphatic rings. The highest BCUT2D eigenvalue weighted by Gasteiger charge is 2.20. The quantitative estimate of drug-likeness (QED) is 0.805. The molecule has 0 radical (unpaired) electrons. The molecule has 1 N–H and O–H groups in total. The van der Waals surface area contributed by atoms with Crippen LogP contribution in [-0.2, 0) is 7.05 Å². The van der Waals surface area contributed by atoms with E-state index in [0.717, 1.165) is 48.1 Å². The SMILES string of the molecule is Cc1ccc(-c2cn(C)c3c(OC4CCNCC4)ncnc23)cc1. The second-order valence-corrected chi connectivity index (χ2v) is 6.46. The van der Waals surface area contributed by atoms with E-state index in [1.54, 1.807) is 6.33 Å². The van der Waals surface area contributed by atoms with Gasteiger partial charge in [-0.25, -0.2) is 4.98 Å². The first-order valence-corrected chi connectivity index (χ1v) is 8.47. The van der Waals surface area contributed by atoms with Crippen molar-refractivity contribution in [2.24, 2.45) is 7.05 Å². The Morgan fingerprint density at radius 1 is 1.12 bits per heavy atom. The zero-order valence-electron chi connectivity index (χ0n) is 14.1. The van der Waals surface area contributed by atoms with Crippen LogP contribution in [0, 0.1) is 6.92 Å². The molecule has 1 aromatic carbocycles. The van der Waals surface area contributed by atoms with Gasteiger partial charge in [-0.15, -0.1) is 0 Å². The van der Waals surface area contributed by atoms with E-state index in [1.807, 2.05) is 7.05 Å². The number of hydrogen-bond acceptors (Lipinski definition) is 4. The highest BCUT2D eigenvalue weighted by molar-refractivity contribution is 5.95. The third-order valence-corrected chi connectivity index (χ3v) is 4.65. The van der Waals surface area contributed by atoms with Crippen molar-refractivity contribution in [3.63, 3.8) is 0 Å². The Balaban J connectivity index is 1.76. The van der Waals surface area contributed by atoms with E-state index in [-0.39, 0.29) is 6.10 Å². The minimum atomic E-state index is 0.224. The van der Waals surface area contributed by atoms with Crippen LogP contribution in [0.5, 0.6) is 5.88 Å². The molecule has 5 heteroatoms. The van der Waals surface area contributed by atoms with Gasteiger partial charge < -0.3 is 14.6 Å². The molecule has 0 aliphatic carbocycles. The first kappa shape index (κ1) is 15.1. The van der Waals surface area contributed by atoms with E-state index < -0.39 is 0 Å². The predicted molar refractivity (Wildman–Crippen MR) is 95.2 cm³/mol. The van der Waals surface area contributed by atoms with Crippen LogP contribution < -0.4 is 10.1 Å². The van der Waals surface area contributed by atoms with Gasteiger partial charge in [-0.1, -0.05) is 29.8 Å². The molecule has 3 heterocycles. The molecule has 0 bridgehead atoms. The number of nitrogens with zero attached hydrogens (tertiary/aromatic N) is 3. The molecule has 2 aromatic heterocycles. The summed E-state index contributed by atoms with van der Waals surface area (Å²) >= 11 is 0. The van der Waals surface area contributed by atoms with Crippen molar-refractivity contribution in [2.45, 2.75) is 25.9 Å². The monoisotopic (exact) mass is 322 g/mol. The van der Waals surface area contributed by atoms with Gasteiger partial charge >= 0.3 is 0 Å². The molecule has 1 aliphatic heterocycles. The predicted octanol–water partition coefficient (Wildman–Crippen LogP) is 3.07. The van der Waals surface area contributed by atoms with Crippen LogP contribution >= 0.6 is 0 Å². The average molecular weight is 322 g/mol. The van der Waals surface area contributed by atoms with Gasteiger partial charge in [0, 0.05) is 18.8 Å². The van der Waals surface area contributed by atoms with Crippen LogP contribution in [-0.4, -0.2) is 33.7 Å². The highest BCUT2D eigenvalue weighted by atomic mass is 16.5. The average Bonchev–Trinajstić information content (AvgIpc) is 2.95. The van der Waals surface area contributed by atoms with Gasteiger partial charge in [0.05, 0.1) is 0 Å². The van der Waals surface area contributed by atoms with Gasteiger partial charge in [0.1, 0.15) is 23.5 Å². The maximum absolute atomic E-state index is 6.21. The molecular formula is C19H22N4O. The Hall–Kier alpha value is -2.40. The van der Waals surface area contributed by atoms with Gasteiger partial charge in [-0.05, 0) is 38.4 Å². The maximum atomic E-state index is 6.21. The Morgan fingerprint density at radius 3 is 2.62 bits per heavy atom. The first-order valence-electron chi connectivity index (χ1n) is 8.47. The lowest BCUT2D eigenvalue weighted by molar-refractivity contribution is 0.157. The number of benzene rings is 1. The molecule has 1 saturated heterocycles. The Bertz CT molecular complexity index is 848. The summed E-state index contributed by atoms with van der Waals surface area (Å²) in [5.74, 6) is 0.688. The van der Waals surface area contributed by atoms with Crippen LogP contribution in [0.25, 0.3) is 22.2 Å². The summed E-state index contributed by atoms with van der Waals surface area (Å²) in [6, 6.07) is 8.53. The molecule has 4 rings (SSSR count). The van der Waals surface area contributed by atoms with E-state index >= 15 is 0 Å². The van der Waals surface area contributed by atoms with Crippen LogP contribution in [0.15, 0.2) is 36.8 Å². The molecule has 0 unspecified atom stereocenters. The van der Waals surface area contributed by atoms with Crippen molar-refractivity contribution in [3.8, 4) is 17.0 Å². The molecule has 0 spiro atoms. The van der Waals surface area contributed by atoms with E-state index in [9.17, 15) is 0 Å². The van der Waals surface area contributed by atoms with Crippen LogP contribution in [0.4, 0.5) is 0 Å². The zero-order valence-corrected chi connectivity index (χ0v) is 14.1. The van der Waals surface area contributed by atoms with Crippen LogP contribution in [0.2, 0.25) is 0 Å². The zero-order chi connectivity index (χ0) is 16.5. The Morgan fingerprint density at radius 2 is 1.88 bits per heavy atom. The van der Waals surface area contributed by atoms with Crippen molar-refractivity contribution in [3.05, 3.63) is 42.4 Å². The Labute approximate surface area is 141 Å². The fraction of sp³-hybridized carbons (Fsp3) is 0.368. The molecule has 24 heavy (non-hydrogen) atoms. The third-order valence-electron chi connectivity index (χ3n) is 4.65. The van der Waals surface area contributed by atoms with E-state index in [0.29, 0.717) is 5.88 Å². The molecule has 1 fully saturated rings. The molecule has 0 saturated carbocycles. The number of piperidine rings is 1. The van der Waals surface area contributed by atoms with Gasteiger partial charge in [0.15, 0.2) is 0 Å². The standard InChI is InChI=1S/C19H22N4O/c1-13-3-5-14(6-4-13)16-11-23(2)18-17(16)21-12-22-19(18)24-15-7-9-20-10-8-15/h3-6,11-12,15,20H,7-10H2,1-2H3. The topological polar surface area (TPSA) is 52.0 Å². The summed E-state index contributed by atoms with van der Waals surface area (Å²) < 4.78 is 8.28. The van der Waals surface area contributed by atoms with Gasteiger partial charge in [-0.2, -0.15) is 4.98 Å². The normalized spacial score (nSPS) is 15.8. The summed E-state index contributed by atoms with van der Waals surface area (Å²) in [4.78, 5) is 8.94. The summed E-state index contributed by atoms with van der Waals surface area (Å²) in [5.41, 5.74) is 5.44. The lowest BCUT2D eigenvalue weighted by Crippen LogP contribution is -2.34. The minimum Gasteiger partial charge on any atom is -0.473 e. The smallest absolute Gasteiger partial charge is 0.242 e. The minimum absolute atomic E-state index is 0.224. The van der Waals surface area contributed by atoms with Crippen molar-refractivity contribution in [1.82, 2.24) is 19.9 Å². The van der Waals surface area contributed by atoms with Crippen LogP contribution in [0.1, 0.15) is 18.4 Å². The molecule has 124 valence electrons.